The molecule has 0 amide bonds. The molecule has 0 heterocycles. The number of benzene rings is 1. The molecule has 1 N–H and O–H groups in total. The lowest BCUT2D eigenvalue weighted by atomic mass is 9.84. The summed E-state index contributed by atoms with van der Waals surface area (Å²) in [7, 11) is 1.60. The van der Waals surface area contributed by atoms with Crippen LogP contribution in [0.2, 0.25) is 0 Å². The second-order valence-electron chi connectivity index (χ2n) is 5.86. The highest BCUT2D eigenvalue weighted by Gasteiger charge is 2.19. The Kier molecular flexibility index (Phi) is 5.57. The van der Waals surface area contributed by atoms with E-state index in [-0.39, 0.29) is 31.0 Å². The average Bonchev–Trinajstić information content (AvgIpc) is 2.35. The molecule has 0 radical (unpaired) electrons. The normalized spacial score (nSPS) is 11.3. The quantitative estimate of drug-likeness (QED) is 0.841. The molecular weight excluding hydrogens is 256 g/mol. The Labute approximate surface area is 120 Å². The third-order valence-electron chi connectivity index (χ3n) is 3.11. The van der Waals surface area contributed by atoms with Crippen LogP contribution in [0.4, 0.5) is 0 Å². The zero-order valence-corrected chi connectivity index (χ0v) is 12.9. The fourth-order valence-electron chi connectivity index (χ4n) is 2.07. The molecule has 1 rings (SSSR count). The average molecular weight is 280 g/mol. The molecule has 0 aliphatic heterocycles. The molecule has 0 aromatic heterocycles. The van der Waals surface area contributed by atoms with Crippen molar-refractivity contribution in [1.29, 1.82) is 0 Å². The fourth-order valence-corrected chi connectivity index (χ4v) is 2.07. The van der Waals surface area contributed by atoms with E-state index in [0.717, 1.165) is 22.4 Å². The molecule has 0 atom stereocenters. The van der Waals surface area contributed by atoms with Gasteiger partial charge in [-0.1, -0.05) is 32.9 Å². The zero-order chi connectivity index (χ0) is 15.3. The predicted molar refractivity (Wildman–Crippen MR) is 78.2 cm³/mol. The van der Waals surface area contributed by atoms with Crippen molar-refractivity contribution in [2.45, 2.75) is 39.5 Å². The van der Waals surface area contributed by atoms with Crippen LogP contribution in [0.25, 0.3) is 0 Å². The topological polar surface area (TPSA) is 55.8 Å². The Morgan fingerprint density at radius 2 is 1.95 bits per heavy atom. The fraction of sp³-hybridized carbons (Fsp3) is 0.562. The van der Waals surface area contributed by atoms with Crippen molar-refractivity contribution in [2.24, 2.45) is 0 Å². The second-order valence-corrected chi connectivity index (χ2v) is 5.86. The SMILES string of the molecule is COc1c(C)cc(C(C)(C)C)cc1CC(=O)OCCO. The molecule has 0 saturated carbocycles. The number of methoxy groups -OCH3 is 1. The Balaban J connectivity index is 3.09. The lowest BCUT2D eigenvalue weighted by Gasteiger charge is -2.22. The number of rotatable bonds is 5. The number of hydrogen-bond donors (Lipinski definition) is 1. The van der Waals surface area contributed by atoms with Gasteiger partial charge in [0.05, 0.1) is 20.1 Å². The van der Waals surface area contributed by atoms with Gasteiger partial charge in [-0.25, -0.2) is 0 Å². The van der Waals surface area contributed by atoms with Crippen LogP contribution in [0.5, 0.6) is 5.75 Å². The molecule has 1 aromatic carbocycles. The first-order valence-electron chi connectivity index (χ1n) is 6.74. The molecule has 0 aliphatic carbocycles. The summed E-state index contributed by atoms with van der Waals surface area (Å²) in [6, 6.07) is 4.08. The molecule has 20 heavy (non-hydrogen) atoms. The van der Waals surface area contributed by atoms with E-state index >= 15 is 0 Å². The maximum Gasteiger partial charge on any atom is 0.310 e. The number of ether oxygens (including phenoxy) is 2. The minimum absolute atomic E-state index is 0.000778. The largest absolute Gasteiger partial charge is 0.496 e. The monoisotopic (exact) mass is 280 g/mol. The summed E-state index contributed by atoms with van der Waals surface area (Å²) in [4.78, 5) is 11.7. The minimum Gasteiger partial charge on any atom is -0.496 e. The van der Waals surface area contributed by atoms with E-state index in [2.05, 4.69) is 26.8 Å². The molecule has 1 aromatic rings. The summed E-state index contributed by atoms with van der Waals surface area (Å²) in [6.45, 7) is 8.21. The predicted octanol–water partition coefficient (Wildman–Crippen LogP) is 2.38. The number of aliphatic hydroxyl groups is 1. The first-order valence-corrected chi connectivity index (χ1v) is 6.74. The van der Waals surface area contributed by atoms with Crippen molar-refractivity contribution < 1.29 is 19.4 Å². The van der Waals surface area contributed by atoms with E-state index in [9.17, 15) is 4.79 Å². The van der Waals surface area contributed by atoms with Crippen molar-refractivity contribution in [3.05, 3.63) is 28.8 Å². The van der Waals surface area contributed by atoms with Crippen molar-refractivity contribution in [1.82, 2.24) is 0 Å². The van der Waals surface area contributed by atoms with Crippen molar-refractivity contribution >= 4 is 5.97 Å². The third-order valence-corrected chi connectivity index (χ3v) is 3.11. The van der Waals surface area contributed by atoms with Crippen LogP contribution in [0.3, 0.4) is 0 Å². The Morgan fingerprint density at radius 1 is 1.30 bits per heavy atom. The number of hydrogen-bond acceptors (Lipinski definition) is 4. The number of aliphatic hydroxyl groups excluding tert-OH is 1. The van der Waals surface area contributed by atoms with Gasteiger partial charge in [-0.3, -0.25) is 4.79 Å². The van der Waals surface area contributed by atoms with Crippen LogP contribution in [-0.2, 0) is 21.4 Å². The van der Waals surface area contributed by atoms with E-state index < -0.39 is 0 Å². The van der Waals surface area contributed by atoms with Gasteiger partial charge in [0.25, 0.3) is 0 Å². The Bertz CT molecular complexity index is 472. The summed E-state index contributed by atoms with van der Waals surface area (Å²) in [5, 5.41) is 8.67. The second kappa shape index (κ2) is 6.75. The third kappa shape index (κ3) is 4.23. The van der Waals surface area contributed by atoms with Crippen molar-refractivity contribution in [3.63, 3.8) is 0 Å². The molecule has 4 nitrogen and oxygen atoms in total. The van der Waals surface area contributed by atoms with E-state index in [1.807, 2.05) is 13.0 Å². The van der Waals surface area contributed by atoms with E-state index in [0.29, 0.717) is 0 Å². The summed E-state index contributed by atoms with van der Waals surface area (Å²) in [5.41, 5.74) is 2.98. The highest BCUT2D eigenvalue weighted by Crippen LogP contribution is 2.31. The first-order chi connectivity index (χ1) is 9.29. The maximum atomic E-state index is 11.7. The Morgan fingerprint density at radius 3 is 2.45 bits per heavy atom. The summed E-state index contributed by atoms with van der Waals surface area (Å²) >= 11 is 0. The highest BCUT2D eigenvalue weighted by atomic mass is 16.5. The van der Waals surface area contributed by atoms with Crippen LogP contribution in [0, 0.1) is 6.92 Å². The molecule has 4 heteroatoms. The molecule has 112 valence electrons. The molecule has 0 fully saturated rings. The molecule has 0 unspecified atom stereocenters. The zero-order valence-electron chi connectivity index (χ0n) is 12.9. The van der Waals surface area contributed by atoms with Crippen LogP contribution in [0.15, 0.2) is 12.1 Å². The van der Waals surface area contributed by atoms with Gasteiger partial charge in [0.2, 0.25) is 0 Å². The van der Waals surface area contributed by atoms with Crippen molar-refractivity contribution in [3.8, 4) is 5.75 Å². The van der Waals surface area contributed by atoms with Gasteiger partial charge in [0.15, 0.2) is 0 Å². The Hall–Kier alpha value is -1.55. The molecule has 0 bridgehead atoms. The van der Waals surface area contributed by atoms with Gasteiger partial charge in [-0.05, 0) is 23.5 Å². The molecule has 0 saturated heterocycles. The number of carbonyl (C=O) groups is 1. The van der Waals surface area contributed by atoms with Crippen LogP contribution >= 0.6 is 0 Å². The molecular formula is C16H24O4. The summed E-state index contributed by atoms with van der Waals surface area (Å²) < 4.78 is 10.3. The lowest BCUT2D eigenvalue weighted by Crippen LogP contribution is -2.15. The lowest BCUT2D eigenvalue weighted by molar-refractivity contribution is -0.143. The van der Waals surface area contributed by atoms with Gasteiger partial charge >= 0.3 is 5.97 Å². The van der Waals surface area contributed by atoms with Crippen molar-refractivity contribution in [2.75, 3.05) is 20.3 Å². The standard InChI is InChI=1S/C16H24O4/c1-11-8-13(16(2,3)4)9-12(15(11)19-5)10-14(18)20-7-6-17/h8-9,17H,6-7,10H2,1-5H3. The molecule has 0 aliphatic rings. The molecule has 0 spiro atoms. The van der Waals surface area contributed by atoms with Gasteiger partial charge in [-0.2, -0.15) is 0 Å². The summed E-state index contributed by atoms with van der Waals surface area (Å²) in [6.07, 6.45) is 0.147. The highest BCUT2D eigenvalue weighted by molar-refractivity contribution is 5.74. The maximum absolute atomic E-state index is 11.7. The summed E-state index contributed by atoms with van der Waals surface area (Å²) in [5.74, 6) is 0.363. The first kappa shape index (κ1) is 16.5. The number of aryl methyl sites for hydroxylation is 1. The van der Waals surface area contributed by atoms with E-state index in [1.165, 1.54) is 0 Å². The number of esters is 1. The van der Waals surface area contributed by atoms with Crippen LogP contribution < -0.4 is 4.74 Å². The van der Waals surface area contributed by atoms with E-state index in [1.54, 1.807) is 7.11 Å². The number of carbonyl (C=O) groups excluding carboxylic acids is 1. The smallest absolute Gasteiger partial charge is 0.310 e. The van der Waals surface area contributed by atoms with Gasteiger partial charge in [0.1, 0.15) is 12.4 Å². The van der Waals surface area contributed by atoms with Gasteiger partial charge in [0, 0.05) is 5.56 Å². The van der Waals surface area contributed by atoms with Crippen LogP contribution in [0.1, 0.15) is 37.5 Å². The van der Waals surface area contributed by atoms with Gasteiger partial charge < -0.3 is 14.6 Å². The van der Waals surface area contributed by atoms with Gasteiger partial charge in [-0.15, -0.1) is 0 Å². The van der Waals surface area contributed by atoms with E-state index in [4.69, 9.17) is 14.6 Å². The van der Waals surface area contributed by atoms with Crippen LogP contribution in [-0.4, -0.2) is 31.4 Å². The minimum atomic E-state index is -0.359.